The van der Waals surface area contributed by atoms with Gasteiger partial charge in [-0.1, -0.05) is 29.3 Å². The van der Waals surface area contributed by atoms with Crippen molar-refractivity contribution >= 4 is 38.7 Å². The smallest absolute Gasteiger partial charge is 0.175 e. The molecule has 2 rings (SSSR count). The van der Waals surface area contributed by atoms with Crippen molar-refractivity contribution < 1.29 is 8.42 Å². The van der Waals surface area contributed by atoms with Crippen molar-refractivity contribution in [3.05, 3.63) is 51.8 Å². The predicted octanol–water partition coefficient (Wildman–Crippen LogP) is 3.71. The van der Waals surface area contributed by atoms with Crippen molar-refractivity contribution in [3.8, 4) is 0 Å². The molecule has 1 heterocycles. The van der Waals surface area contributed by atoms with E-state index < -0.39 is 9.84 Å². The Balaban J connectivity index is 2.32. The standard InChI is InChI=1S/C14H14Cl2N2O2S/c1-9-12(6-7-14(16)18-9)17-8-10-11(15)4-3-5-13(10)21(2,19)20/h3-7,17H,8H2,1-2H3. The Labute approximate surface area is 134 Å². The summed E-state index contributed by atoms with van der Waals surface area (Å²) in [5.41, 5.74) is 2.05. The fourth-order valence-electron chi connectivity index (χ4n) is 1.96. The Morgan fingerprint density at radius 1 is 1.19 bits per heavy atom. The quantitative estimate of drug-likeness (QED) is 0.858. The largest absolute Gasteiger partial charge is 0.379 e. The molecule has 0 radical (unpaired) electrons. The summed E-state index contributed by atoms with van der Waals surface area (Å²) >= 11 is 11.9. The third kappa shape index (κ3) is 3.87. The number of aryl methyl sites for hydroxylation is 1. The summed E-state index contributed by atoms with van der Waals surface area (Å²) in [5, 5.41) is 3.96. The van der Waals surface area contributed by atoms with Crippen LogP contribution < -0.4 is 5.32 Å². The van der Waals surface area contributed by atoms with Crippen molar-refractivity contribution in [2.45, 2.75) is 18.4 Å². The number of rotatable bonds is 4. The number of hydrogen-bond acceptors (Lipinski definition) is 4. The lowest BCUT2D eigenvalue weighted by Gasteiger charge is -2.13. The van der Waals surface area contributed by atoms with Gasteiger partial charge < -0.3 is 5.32 Å². The van der Waals surface area contributed by atoms with E-state index in [1.54, 1.807) is 30.3 Å². The molecule has 4 nitrogen and oxygen atoms in total. The molecule has 0 aliphatic carbocycles. The number of hydrogen-bond donors (Lipinski definition) is 1. The molecule has 1 aromatic heterocycles. The molecule has 0 spiro atoms. The molecule has 0 unspecified atom stereocenters. The topological polar surface area (TPSA) is 59.1 Å². The first kappa shape index (κ1) is 16.1. The van der Waals surface area contributed by atoms with Gasteiger partial charge in [0.1, 0.15) is 5.15 Å². The SMILES string of the molecule is Cc1nc(Cl)ccc1NCc1c(Cl)cccc1S(C)(=O)=O. The van der Waals surface area contributed by atoms with Gasteiger partial charge >= 0.3 is 0 Å². The molecule has 0 amide bonds. The van der Waals surface area contributed by atoms with Crippen LogP contribution in [0.4, 0.5) is 5.69 Å². The van der Waals surface area contributed by atoms with E-state index in [0.29, 0.717) is 15.7 Å². The summed E-state index contributed by atoms with van der Waals surface area (Å²) < 4.78 is 23.6. The molecular formula is C14H14Cl2N2O2S. The summed E-state index contributed by atoms with van der Waals surface area (Å²) in [6.45, 7) is 2.10. The first-order chi connectivity index (χ1) is 9.79. The number of benzene rings is 1. The van der Waals surface area contributed by atoms with Crippen molar-refractivity contribution in [1.82, 2.24) is 4.98 Å². The number of sulfone groups is 1. The molecular weight excluding hydrogens is 331 g/mol. The maximum Gasteiger partial charge on any atom is 0.175 e. The van der Waals surface area contributed by atoms with Gasteiger partial charge in [-0.15, -0.1) is 0 Å². The molecule has 0 saturated carbocycles. The lowest BCUT2D eigenvalue weighted by atomic mass is 10.2. The molecule has 0 aliphatic heterocycles. The van der Waals surface area contributed by atoms with Gasteiger partial charge in [0.15, 0.2) is 9.84 Å². The molecule has 0 aliphatic rings. The highest BCUT2D eigenvalue weighted by atomic mass is 35.5. The summed E-state index contributed by atoms with van der Waals surface area (Å²) in [6, 6.07) is 8.30. The second kappa shape index (κ2) is 6.22. The summed E-state index contributed by atoms with van der Waals surface area (Å²) in [4.78, 5) is 4.36. The van der Waals surface area contributed by atoms with E-state index in [0.717, 1.165) is 17.6 Å². The molecule has 1 N–H and O–H groups in total. The summed E-state index contributed by atoms with van der Waals surface area (Å²) in [7, 11) is -3.34. The Kier molecular flexibility index (Phi) is 4.76. The van der Waals surface area contributed by atoms with Crippen LogP contribution in [0.1, 0.15) is 11.3 Å². The Morgan fingerprint density at radius 2 is 1.90 bits per heavy atom. The van der Waals surface area contributed by atoms with E-state index in [9.17, 15) is 8.42 Å². The minimum atomic E-state index is -3.34. The fourth-order valence-corrected chi connectivity index (χ4v) is 3.40. The molecule has 0 fully saturated rings. The zero-order valence-corrected chi connectivity index (χ0v) is 13.9. The number of pyridine rings is 1. The molecule has 1 aromatic carbocycles. The first-order valence-electron chi connectivity index (χ1n) is 6.13. The molecule has 0 atom stereocenters. The molecule has 2 aromatic rings. The number of nitrogens with one attached hydrogen (secondary N) is 1. The average molecular weight is 345 g/mol. The zero-order valence-electron chi connectivity index (χ0n) is 11.5. The molecule has 0 saturated heterocycles. The monoisotopic (exact) mass is 344 g/mol. The van der Waals surface area contributed by atoms with Crippen molar-refractivity contribution in [2.24, 2.45) is 0 Å². The fraction of sp³-hybridized carbons (Fsp3) is 0.214. The minimum Gasteiger partial charge on any atom is -0.379 e. The maximum absolute atomic E-state index is 11.8. The van der Waals surface area contributed by atoms with Crippen molar-refractivity contribution in [3.63, 3.8) is 0 Å². The lowest BCUT2D eigenvalue weighted by Crippen LogP contribution is -2.08. The van der Waals surface area contributed by atoms with Gasteiger partial charge in [0.2, 0.25) is 0 Å². The van der Waals surface area contributed by atoms with Gasteiger partial charge in [-0.05, 0) is 31.2 Å². The molecule has 112 valence electrons. The van der Waals surface area contributed by atoms with Crippen molar-refractivity contribution in [1.29, 1.82) is 0 Å². The summed E-state index contributed by atoms with van der Waals surface area (Å²) in [5.74, 6) is 0. The normalized spacial score (nSPS) is 11.4. The molecule has 0 bridgehead atoms. The Bertz CT molecular complexity index is 777. The first-order valence-corrected chi connectivity index (χ1v) is 8.78. The third-order valence-electron chi connectivity index (χ3n) is 2.98. The molecule has 7 heteroatoms. The van der Waals surface area contributed by atoms with E-state index in [1.165, 1.54) is 0 Å². The van der Waals surface area contributed by atoms with Crippen LogP contribution in [0.25, 0.3) is 0 Å². The van der Waals surface area contributed by atoms with Crippen LogP contribution in [0.5, 0.6) is 0 Å². The lowest BCUT2D eigenvalue weighted by molar-refractivity contribution is 0.601. The average Bonchev–Trinajstić information content (AvgIpc) is 2.37. The van der Waals surface area contributed by atoms with Gasteiger partial charge in [0, 0.05) is 23.4 Å². The number of nitrogens with zero attached hydrogens (tertiary/aromatic N) is 1. The van der Waals surface area contributed by atoms with Gasteiger partial charge in [0.05, 0.1) is 16.3 Å². The van der Waals surface area contributed by atoms with Crippen LogP contribution in [0.15, 0.2) is 35.2 Å². The Hall–Kier alpha value is -1.30. The third-order valence-corrected chi connectivity index (χ3v) is 4.73. The molecule has 21 heavy (non-hydrogen) atoms. The van der Waals surface area contributed by atoms with E-state index in [2.05, 4.69) is 10.3 Å². The van der Waals surface area contributed by atoms with E-state index in [4.69, 9.17) is 23.2 Å². The minimum absolute atomic E-state index is 0.224. The predicted molar refractivity (Wildman–Crippen MR) is 85.9 cm³/mol. The van der Waals surface area contributed by atoms with E-state index in [-0.39, 0.29) is 11.4 Å². The summed E-state index contributed by atoms with van der Waals surface area (Å²) in [6.07, 6.45) is 1.16. The maximum atomic E-state index is 11.8. The van der Waals surface area contributed by atoms with Crippen LogP contribution >= 0.6 is 23.2 Å². The van der Waals surface area contributed by atoms with Crippen LogP contribution in [-0.2, 0) is 16.4 Å². The van der Waals surface area contributed by atoms with Crippen LogP contribution in [0.3, 0.4) is 0 Å². The van der Waals surface area contributed by atoms with Crippen LogP contribution in [0, 0.1) is 6.92 Å². The van der Waals surface area contributed by atoms with Gasteiger partial charge in [-0.3, -0.25) is 0 Å². The second-order valence-electron chi connectivity index (χ2n) is 4.61. The highest BCUT2D eigenvalue weighted by molar-refractivity contribution is 7.90. The van der Waals surface area contributed by atoms with Gasteiger partial charge in [-0.2, -0.15) is 0 Å². The second-order valence-corrected chi connectivity index (χ2v) is 7.39. The van der Waals surface area contributed by atoms with Crippen LogP contribution in [-0.4, -0.2) is 19.7 Å². The number of anilines is 1. The number of aromatic nitrogens is 1. The van der Waals surface area contributed by atoms with E-state index >= 15 is 0 Å². The van der Waals surface area contributed by atoms with Crippen molar-refractivity contribution in [2.75, 3.05) is 11.6 Å². The van der Waals surface area contributed by atoms with Gasteiger partial charge in [-0.25, -0.2) is 13.4 Å². The highest BCUT2D eigenvalue weighted by Gasteiger charge is 2.15. The zero-order chi connectivity index (χ0) is 15.6. The Morgan fingerprint density at radius 3 is 2.52 bits per heavy atom. The highest BCUT2D eigenvalue weighted by Crippen LogP contribution is 2.25. The van der Waals surface area contributed by atoms with Gasteiger partial charge in [0.25, 0.3) is 0 Å². The van der Waals surface area contributed by atoms with E-state index in [1.807, 2.05) is 6.92 Å². The van der Waals surface area contributed by atoms with Crippen LogP contribution in [0.2, 0.25) is 10.2 Å². The number of halogens is 2.